The summed E-state index contributed by atoms with van der Waals surface area (Å²) >= 11 is 12.1. The van der Waals surface area contributed by atoms with Gasteiger partial charge in [-0.25, -0.2) is 0 Å². The van der Waals surface area contributed by atoms with Crippen LogP contribution in [-0.2, 0) is 13.1 Å². The minimum absolute atomic E-state index is 0.600. The topological polar surface area (TPSA) is 28.2 Å². The molecule has 2 aromatic carbocycles. The lowest BCUT2D eigenvalue weighted by Crippen LogP contribution is -2.34. The number of rotatable bonds is 5. The number of benzene rings is 2. The Hall–Kier alpha value is -2.43. The maximum atomic E-state index is 6.38. The van der Waals surface area contributed by atoms with Crippen molar-refractivity contribution in [2.24, 2.45) is 0 Å². The van der Waals surface area contributed by atoms with Crippen molar-refractivity contribution in [1.29, 1.82) is 0 Å². The van der Waals surface area contributed by atoms with Crippen LogP contribution >= 0.6 is 23.8 Å². The Balaban J connectivity index is 1.85. The van der Waals surface area contributed by atoms with E-state index in [9.17, 15) is 0 Å². The first-order valence-electron chi connectivity index (χ1n) is 8.79. The molecular formula is C22H22ClN3S. The molecule has 5 heteroatoms. The number of nitrogens with zero attached hydrogens (tertiary/aromatic N) is 2. The molecule has 0 unspecified atom stereocenters. The fourth-order valence-corrected chi connectivity index (χ4v) is 3.22. The second kappa shape index (κ2) is 8.98. The van der Waals surface area contributed by atoms with Crippen LogP contribution in [0.2, 0.25) is 5.02 Å². The monoisotopic (exact) mass is 395 g/mol. The zero-order valence-corrected chi connectivity index (χ0v) is 17.0. The quantitative estimate of drug-likeness (QED) is 0.556. The lowest BCUT2D eigenvalue weighted by molar-refractivity contribution is 0.407. The van der Waals surface area contributed by atoms with E-state index in [1.165, 1.54) is 5.56 Å². The molecule has 0 atom stereocenters. The molecule has 0 amide bonds. The molecule has 0 saturated carbocycles. The molecule has 3 rings (SSSR count). The number of hydrogen-bond donors (Lipinski definition) is 1. The van der Waals surface area contributed by atoms with Crippen LogP contribution in [0.3, 0.4) is 0 Å². The van der Waals surface area contributed by atoms with Gasteiger partial charge in [-0.05, 0) is 67.0 Å². The van der Waals surface area contributed by atoms with Gasteiger partial charge in [-0.1, -0.05) is 48.0 Å². The van der Waals surface area contributed by atoms with E-state index in [1.807, 2.05) is 42.5 Å². The van der Waals surface area contributed by atoms with Crippen LogP contribution in [0.4, 0.5) is 5.69 Å². The van der Waals surface area contributed by atoms with E-state index in [2.05, 4.69) is 47.2 Å². The smallest absolute Gasteiger partial charge is 0.174 e. The average Bonchev–Trinajstić information content (AvgIpc) is 2.66. The molecule has 138 valence electrons. The molecule has 27 heavy (non-hydrogen) atoms. The highest BCUT2D eigenvalue weighted by Gasteiger charge is 2.14. The molecule has 1 N–H and O–H groups in total. The van der Waals surface area contributed by atoms with Crippen molar-refractivity contribution in [1.82, 2.24) is 9.88 Å². The van der Waals surface area contributed by atoms with Gasteiger partial charge in [0.1, 0.15) is 0 Å². The molecule has 0 bridgehead atoms. The molecule has 0 radical (unpaired) electrons. The van der Waals surface area contributed by atoms with Crippen molar-refractivity contribution in [3.8, 4) is 0 Å². The summed E-state index contributed by atoms with van der Waals surface area (Å²) in [4.78, 5) is 6.53. The fourth-order valence-electron chi connectivity index (χ4n) is 2.78. The highest BCUT2D eigenvalue weighted by molar-refractivity contribution is 7.80. The summed E-state index contributed by atoms with van der Waals surface area (Å²) in [7, 11) is 0. The Kier molecular flexibility index (Phi) is 6.43. The molecule has 0 saturated heterocycles. The Bertz CT molecular complexity index is 928. The van der Waals surface area contributed by atoms with E-state index in [0.717, 1.165) is 27.5 Å². The van der Waals surface area contributed by atoms with Gasteiger partial charge < -0.3 is 10.2 Å². The lowest BCUT2D eigenvalue weighted by atomic mass is 10.1. The number of hydrogen-bond acceptors (Lipinski definition) is 2. The molecule has 1 heterocycles. The fraction of sp³-hybridized carbons (Fsp3) is 0.182. The van der Waals surface area contributed by atoms with E-state index in [-0.39, 0.29) is 0 Å². The zero-order chi connectivity index (χ0) is 19.2. The maximum Gasteiger partial charge on any atom is 0.174 e. The van der Waals surface area contributed by atoms with Crippen LogP contribution in [-0.4, -0.2) is 15.0 Å². The van der Waals surface area contributed by atoms with E-state index < -0.39 is 0 Å². The van der Waals surface area contributed by atoms with E-state index >= 15 is 0 Å². The third-order valence-electron chi connectivity index (χ3n) is 4.32. The summed E-state index contributed by atoms with van der Waals surface area (Å²) in [6, 6.07) is 20.0. The van der Waals surface area contributed by atoms with Gasteiger partial charge in [-0.15, -0.1) is 0 Å². The summed E-state index contributed by atoms with van der Waals surface area (Å²) in [5.41, 5.74) is 5.34. The van der Waals surface area contributed by atoms with Gasteiger partial charge in [0, 0.05) is 23.5 Å². The Morgan fingerprint density at radius 2 is 1.81 bits per heavy atom. The van der Waals surface area contributed by atoms with Gasteiger partial charge >= 0.3 is 0 Å². The van der Waals surface area contributed by atoms with Crippen molar-refractivity contribution in [3.63, 3.8) is 0 Å². The first-order chi connectivity index (χ1) is 13.0. The average molecular weight is 396 g/mol. The minimum atomic E-state index is 0.600. The molecule has 0 spiro atoms. The molecule has 3 aromatic rings. The summed E-state index contributed by atoms with van der Waals surface area (Å²) in [6.07, 6.45) is 1.80. The number of nitrogens with one attached hydrogen (secondary N) is 1. The van der Waals surface area contributed by atoms with E-state index in [1.54, 1.807) is 6.20 Å². The highest BCUT2D eigenvalue weighted by Crippen LogP contribution is 2.21. The number of aryl methyl sites for hydroxylation is 2. The second-order valence-corrected chi connectivity index (χ2v) is 7.31. The maximum absolute atomic E-state index is 6.38. The lowest BCUT2D eigenvalue weighted by Gasteiger charge is -2.27. The number of halogens is 1. The summed E-state index contributed by atoms with van der Waals surface area (Å²) < 4.78 is 0. The minimum Gasteiger partial charge on any atom is -0.339 e. The number of pyridine rings is 1. The Morgan fingerprint density at radius 3 is 2.56 bits per heavy atom. The van der Waals surface area contributed by atoms with Gasteiger partial charge in [0.2, 0.25) is 0 Å². The van der Waals surface area contributed by atoms with Gasteiger partial charge in [-0.2, -0.15) is 0 Å². The summed E-state index contributed by atoms with van der Waals surface area (Å²) in [5.74, 6) is 0. The third-order valence-corrected chi connectivity index (χ3v) is 5.05. The van der Waals surface area contributed by atoms with Gasteiger partial charge in [-0.3, -0.25) is 4.98 Å². The van der Waals surface area contributed by atoms with E-state index in [0.29, 0.717) is 18.2 Å². The summed E-state index contributed by atoms with van der Waals surface area (Å²) in [5, 5.41) is 4.78. The normalized spacial score (nSPS) is 10.5. The van der Waals surface area contributed by atoms with Crippen molar-refractivity contribution in [3.05, 3.63) is 94.3 Å². The van der Waals surface area contributed by atoms with Crippen molar-refractivity contribution in [2.75, 3.05) is 5.32 Å². The molecule has 1 aromatic heterocycles. The number of anilines is 1. The van der Waals surface area contributed by atoms with Crippen molar-refractivity contribution >= 4 is 34.6 Å². The van der Waals surface area contributed by atoms with E-state index in [4.69, 9.17) is 23.8 Å². The van der Waals surface area contributed by atoms with Crippen LogP contribution in [0, 0.1) is 13.8 Å². The predicted octanol–water partition coefficient (Wildman–Crippen LogP) is 5.75. The Labute approximate surface area is 171 Å². The standard InChI is InChI=1S/C22H22ClN3S/c1-16-10-11-17(2)21(13-16)25-22(27)26(15-19-8-5-6-12-24-19)14-18-7-3-4-9-20(18)23/h3-13H,14-15H2,1-2H3,(H,25,27). The molecule has 0 aliphatic rings. The molecule has 0 aliphatic heterocycles. The third kappa shape index (κ3) is 5.28. The van der Waals surface area contributed by atoms with Crippen LogP contribution < -0.4 is 5.32 Å². The second-order valence-electron chi connectivity index (χ2n) is 6.52. The van der Waals surface area contributed by atoms with Gasteiger partial charge in [0.05, 0.1) is 12.2 Å². The first-order valence-corrected chi connectivity index (χ1v) is 9.58. The van der Waals surface area contributed by atoms with Gasteiger partial charge in [0.25, 0.3) is 0 Å². The SMILES string of the molecule is Cc1ccc(C)c(NC(=S)N(Cc2ccccn2)Cc2ccccc2Cl)c1. The van der Waals surface area contributed by atoms with Crippen molar-refractivity contribution < 1.29 is 0 Å². The molecule has 0 aliphatic carbocycles. The molecule has 0 fully saturated rings. The first kappa shape index (κ1) is 19.3. The largest absolute Gasteiger partial charge is 0.339 e. The van der Waals surface area contributed by atoms with Gasteiger partial charge in [0.15, 0.2) is 5.11 Å². The predicted molar refractivity (Wildman–Crippen MR) is 117 cm³/mol. The molecular weight excluding hydrogens is 374 g/mol. The van der Waals surface area contributed by atoms with Crippen LogP contribution in [0.15, 0.2) is 66.9 Å². The number of thiocarbonyl (C=S) groups is 1. The highest BCUT2D eigenvalue weighted by atomic mass is 35.5. The zero-order valence-electron chi connectivity index (χ0n) is 15.4. The van der Waals surface area contributed by atoms with Crippen LogP contribution in [0.5, 0.6) is 0 Å². The number of aromatic nitrogens is 1. The van der Waals surface area contributed by atoms with Crippen LogP contribution in [0.25, 0.3) is 0 Å². The van der Waals surface area contributed by atoms with Crippen LogP contribution in [0.1, 0.15) is 22.4 Å². The van der Waals surface area contributed by atoms with Crippen molar-refractivity contribution in [2.45, 2.75) is 26.9 Å². The molecule has 3 nitrogen and oxygen atoms in total. The summed E-state index contributed by atoms with van der Waals surface area (Å²) in [6.45, 7) is 5.35. The Morgan fingerprint density at radius 1 is 1.04 bits per heavy atom.